The molecule has 0 atom stereocenters. The molecule has 0 bridgehead atoms. The molecule has 6 rings (SSSR count). The zero-order valence-corrected chi connectivity index (χ0v) is 18.1. The van der Waals surface area contributed by atoms with E-state index in [4.69, 9.17) is 0 Å². The molecule has 1 aliphatic carbocycles. The molecule has 0 unspecified atom stereocenters. The molecule has 1 aromatic carbocycles. The smallest absolute Gasteiger partial charge is 0.274 e. The minimum atomic E-state index is -0.298. The second-order valence-corrected chi connectivity index (χ2v) is 8.13. The number of nitrogens with zero attached hydrogens (tertiary/aromatic N) is 7. The fourth-order valence-corrected chi connectivity index (χ4v) is 3.80. The summed E-state index contributed by atoms with van der Waals surface area (Å²) in [6.45, 7) is 0. The van der Waals surface area contributed by atoms with E-state index in [1.807, 2.05) is 59.3 Å². The van der Waals surface area contributed by atoms with Crippen LogP contribution in [0.4, 0.5) is 5.69 Å². The Labute approximate surface area is 195 Å². The molecule has 9 nitrogen and oxygen atoms in total. The molecule has 1 fully saturated rings. The third-order valence-corrected chi connectivity index (χ3v) is 5.69. The molecule has 0 aliphatic heterocycles. The average molecular weight is 448 g/mol. The number of hydrogen-bond acceptors (Lipinski definition) is 6. The van der Waals surface area contributed by atoms with Crippen molar-refractivity contribution in [2.75, 3.05) is 5.32 Å². The monoisotopic (exact) mass is 448 g/mol. The predicted octanol–water partition coefficient (Wildman–Crippen LogP) is 4.04. The van der Waals surface area contributed by atoms with Crippen LogP contribution in [0.15, 0.2) is 85.8 Å². The third kappa shape index (κ3) is 3.95. The normalized spacial score (nSPS) is 13.1. The lowest BCUT2D eigenvalue weighted by Gasteiger charge is -2.09. The number of pyridine rings is 2. The van der Waals surface area contributed by atoms with E-state index in [2.05, 4.69) is 30.5 Å². The van der Waals surface area contributed by atoms with E-state index >= 15 is 0 Å². The summed E-state index contributed by atoms with van der Waals surface area (Å²) >= 11 is 0. The molecule has 34 heavy (non-hydrogen) atoms. The molecule has 4 heterocycles. The quantitative estimate of drug-likeness (QED) is 0.421. The van der Waals surface area contributed by atoms with Crippen molar-refractivity contribution < 1.29 is 4.79 Å². The Morgan fingerprint density at radius 2 is 1.88 bits per heavy atom. The zero-order chi connectivity index (χ0) is 22.9. The lowest BCUT2D eigenvalue weighted by atomic mass is 10.2. The van der Waals surface area contributed by atoms with E-state index in [-0.39, 0.29) is 5.91 Å². The van der Waals surface area contributed by atoms with Gasteiger partial charge in [-0.1, -0.05) is 18.2 Å². The van der Waals surface area contributed by atoms with Gasteiger partial charge in [-0.25, -0.2) is 9.97 Å². The molecule has 4 aromatic heterocycles. The Morgan fingerprint density at radius 1 is 0.941 bits per heavy atom. The third-order valence-electron chi connectivity index (χ3n) is 5.69. The van der Waals surface area contributed by atoms with Crippen LogP contribution in [0.25, 0.3) is 22.9 Å². The van der Waals surface area contributed by atoms with Crippen molar-refractivity contribution >= 4 is 11.6 Å². The van der Waals surface area contributed by atoms with Gasteiger partial charge in [0.25, 0.3) is 5.91 Å². The van der Waals surface area contributed by atoms with Crippen LogP contribution in [0.3, 0.4) is 0 Å². The largest absolute Gasteiger partial charge is 0.321 e. The summed E-state index contributed by atoms with van der Waals surface area (Å²) in [7, 11) is 0. The summed E-state index contributed by atoms with van der Waals surface area (Å²) < 4.78 is 3.73. The summed E-state index contributed by atoms with van der Waals surface area (Å²) in [6, 6.07) is 16.7. The number of benzene rings is 1. The number of amides is 1. The minimum Gasteiger partial charge on any atom is -0.321 e. The number of carbonyl (C=O) groups is 1. The maximum atomic E-state index is 13.0. The van der Waals surface area contributed by atoms with E-state index in [0.29, 0.717) is 28.9 Å². The molecular formula is C25H20N8O. The molecule has 1 saturated carbocycles. The van der Waals surface area contributed by atoms with Gasteiger partial charge in [-0.2, -0.15) is 0 Å². The van der Waals surface area contributed by atoms with E-state index in [1.54, 1.807) is 35.7 Å². The number of nitrogens with one attached hydrogen (secondary N) is 1. The average Bonchev–Trinajstić information content (AvgIpc) is 3.40. The fourth-order valence-electron chi connectivity index (χ4n) is 3.80. The lowest BCUT2D eigenvalue weighted by molar-refractivity contribution is 0.102. The van der Waals surface area contributed by atoms with Crippen molar-refractivity contribution in [3.05, 3.63) is 97.2 Å². The number of imidazole rings is 1. The molecule has 5 aromatic rings. The van der Waals surface area contributed by atoms with Crippen LogP contribution in [0.2, 0.25) is 0 Å². The van der Waals surface area contributed by atoms with Gasteiger partial charge >= 0.3 is 0 Å². The van der Waals surface area contributed by atoms with Crippen molar-refractivity contribution in [1.29, 1.82) is 0 Å². The van der Waals surface area contributed by atoms with E-state index in [9.17, 15) is 4.79 Å². The molecule has 9 heteroatoms. The molecular weight excluding hydrogens is 428 g/mol. The van der Waals surface area contributed by atoms with Crippen LogP contribution >= 0.6 is 0 Å². The molecule has 1 N–H and O–H groups in total. The van der Waals surface area contributed by atoms with Gasteiger partial charge in [0.05, 0.1) is 17.7 Å². The SMILES string of the molecule is O=C(Nc1cccc(-c2nncn2-c2ccccn2)c1)c1cc(-n2cnc(C3CC3)c2)ccn1. The topological polar surface area (TPSA) is 103 Å². The number of aromatic nitrogens is 7. The van der Waals surface area contributed by atoms with Crippen molar-refractivity contribution in [2.45, 2.75) is 18.8 Å². The van der Waals surface area contributed by atoms with Gasteiger partial charge in [0.2, 0.25) is 0 Å². The summed E-state index contributed by atoms with van der Waals surface area (Å²) in [6.07, 6.45) is 11.2. The second-order valence-electron chi connectivity index (χ2n) is 8.13. The first-order valence-corrected chi connectivity index (χ1v) is 11.0. The minimum absolute atomic E-state index is 0.298. The highest BCUT2D eigenvalue weighted by atomic mass is 16.1. The second kappa shape index (κ2) is 8.36. The van der Waals surface area contributed by atoms with E-state index in [0.717, 1.165) is 16.9 Å². The highest BCUT2D eigenvalue weighted by molar-refractivity contribution is 6.03. The van der Waals surface area contributed by atoms with E-state index in [1.165, 1.54) is 12.8 Å². The summed E-state index contributed by atoms with van der Waals surface area (Å²) in [4.78, 5) is 26.1. The van der Waals surface area contributed by atoms with Gasteiger partial charge in [0, 0.05) is 35.8 Å². The number of hydrogen-bond donors (Lipinski definition) is 1. The van der Waals surface area contributed by atoms with Gasteiger partial charge in [0.15, 0.2) is 5.82 Å². The van der Waals surface area contributed by atoms with Crippen LogP contribution in [0, 0.1) is 0 Å². The molecule has 166 valence electrons. The highest BCUT2D eigenvalue weighted by Gasteiger charge is 2.25. The standard InChI is InChI=1S/C25H20N8O/c34-25(21-13-20(9-11-26-21)32-14-22(28-15-32)17-7-8-17)30-19-5-3-4-18(12-19)24-31-29-16-33(24)23-6-1-2-10-27-23/h1-6,9-17H,7-8H2,(H,30,34). The van der Waals surface area contributed by atoms with E-state index < -0.39 is 0 Å². The Kier molecular flexibility index (Phi) is 4.91. The van der Waals surface area contributed by atoms with Gasteiger partial charge in [0.1, 0.15) is 17.8 Å². The predicted molar refractivity (Wildman–Crippen MR) is 126 cm³/mol. The number of rotatable bonds is 6. The first-order valence-electron chi connectivity index (χ1n) is 11.0. The Morgan fingerprint density at radius 3 is 2.74 bits per heavy atom. The summed E-state index contributed by atoms with van der Waals surface area (Å²) in [5.74, 6) is 1.61. The number of anilines is 1. The van der Waals surface area contributed by atoms with Crippen molar-refractivity contribution in [3.63, 3.8) is 0 Å². The highest BCUT2D eigenvalue weighted by Crippen LogP contribution is 2.39. The summed E-state index contributed by atoms with van der Waals surface area (Å²) in [5, 5.41) is 11.2. The van der Waals surface area contributed by atoms with Crippen molar-refractivity contribution in [1.82, 2.24) is 34.3 Å². The number of carbonyl (C=O) groups excluding carboxylic acids is 1. The maximum absolute atomic E-state index is 13.0. The zero-order valence-electron chi connectivity index (χ0n) is 18.1. The van der Waals surface area contributed by atoms with Gasteiger partial charge in [-0.05, 0) is 49.2 Å². The van der Waals surface area contributed by atoms with Gasteiger partial charge in [-0.15, -0.1) is 10.2 Å². The lowest BCUT2D eigenvalue weighted by Crippen LogP contribution is -2.14. The fraction of sp³-hybridized carbons (Fsp3) is 0.120. The van der Waals surface area contributed by atoms with Crippen LogP contribution in [0.5, 0.6) is 0 Å². The summed E-state index contributed by atoms with van der Waals surface area (Å²) in [5.41, 5.74) is 3.69. The van der Waals surface area contributed by atoms with Crippen molar-refractivity contribution in [3.8, 4) is 22.9 Å². The van der Waals surface area contributed by atoms with Crippen LogP contribution in [-0.2, 0) is 0 Å². The van der Waals surface area contributed by atoms with Crippen LogP contribution < -0.4 is 5.32 Å². The Balaban J connectivity index is 1.23. The Hall–Kier alpha value is -4.66. The molecule has 0 saturated heterocycles. The molecule has 0 radical (unpaired) electrons. The first kappa shape index (κ1) is 20.0. The molecule has 0 spiro atoms. The Bertz CT molecular complexity index is 1470. The van der Waals surface area contributed by atoms with Gasteiger partial charge < -0.3 is 9.88 Å². The molecule has 1 amide bonds. The first-order chi connectivity index (χ1) is 16.7. The van der Waals surface area contributed by atoms with Crippen molar-refractivity contribution in [2.24, 2.45) is 0 Å². The van der Waals surface area contributed by atoms with Gasteiger partial charge in [-0.3, -0.25) is 14.3 Å². The molecule has 1 aliphatic rings. The van der Waals surface area contributed by atoms with Crippen LogP contribution in [-0.4, -0.2) is 40.2 Å². The van der Waals surface area contributed by atoms with Crippen LogP contribution in [0.1, 0.15) is 34.9 Å². The maximum Gasteiger partial charge on any atom is 0.274 e.